The van der Waals surface area contributed by atoms with Crippen LogP contribution in [-0.4, -0.2) is 36.7 Å². The highest BCUT2D eigenvalue weighted by atomic mass is 32.2. The van der Waals surface area contributed by atoms with Gasteiger partial charge in [-0.05, 0) is 50.5 Å². The molecule has 3 saturated carbocycles. The van der Waals surface area contributed by atoms with Gasteiger partial charge >= 0.3 is 15.6 Å². The third kappa shape index (κ3) is 2.64. The van der Waals surface area contributed by atoms with E-state index in [2.05, 4.69) is 4.18 Å². The highest BCUT2D eigenvalue weighted by Gasteiger charge is 2.75. The predicted octanol–water partition coefficient (Wildman–Crippen LogP) is 4.38. The first-order valence-electron chi connectivity index (χ1n) is 8.19. The molecule has 4 aliphatic rings. The lowest BCUT2D eigenvalue weighted by atomic mass is 9.49. The van der Waals surface area contributed by atoms with Crippen molar-refractivity contribution in [2.45, 2.75) is 68.1 Å². The van der Waals surface area contributed by atoms with Gasteiger partial charge in [0.1, 0.15) is 5.60 Å². The van der Waals surface area contributed by atoms with Gasteiger partial charge in [-0.3, -0.25) is 4.18 Å². The van der Waals surface area contributed by atoms with Crippen LogP contribution < -0.4 is 0 Å². The first kappa shape index (κ1) is 19.8. The van der Waals surface area contributed by atoms with Crippen LogP contribution in [0.5, 0.6) is 0 Å². The topological polar surface area (TPSA) is 63.6 Å². The first-order chi connectivity index (χ1) is 11.8. The molecule has 0 heterocycles. The van der Waals surface area contributed by atoms with E-state index in [0.29, 0.717) is 0 Å². The minimum absolute atomic E-state index is 0.0679. The van der Waals surface area contributed by atoms with Crippen molar-refractivity contribution in [3.8, 4) is 0 Å². The molecule has 0 aromatic carbocycles. The maximum atomic E-state index is 14.9. The van der Waals surface area contributed by atoms with E-state index in [9.17, 15) is 39.9 Å². The summed E-state index contributed by atoms with van der Waals surface area (Å²) in [6, 6.07) is 0. The third-order valence-corrected chi connectivity index (χ3v) is 7.28. The van der Waals surface area contributed by atoms with Crippen LogP contribution in [0.3, 0.4) is 0 Å². The van der Waals surface area contributed by atoms with Crippen molar-refractivity contribution in [3.05, 3.63) is 11.8 Å². The lowest BCUT2D eigenvalue weighted by Gasteiger charge is -2.60. The van der Waals surface area contributed by atoms with Crippen LogP contribution in [0.15, 0.2) is 11.8 Å². The molecule has 0 saturated heterocycles. The van der Waals surface area contributed by atoms with Gasteiger partial charge < -0.3 is 5.11 Å². The Hall–Kier alpha value is -0.970. The Labute approximate surface area is 146 Å². The third-order valence-electron chi connectivity index (χ3n) is 6.16. The number of alkyl halides is 6. The van der Waals surface area contributed by atoms with Crippen molar-refractivity contribution in [1.82, 2.24) is 0 Å². The predicted molar refractivity (Wildman–Crippen MR) is 77.6 cm³/mol. The number of allylic oxidation sites excluding steroid dienone is 2. The highest BCUT2D eigenvalue weighted by Crippen LogP contribution is 2.67. The van der Waals surface area contributed by atoms with Crippen LogP contribution in [0.2, 0.25) is 0 Å². The van der Waals surface area contributed by atoms with Crippen molar-refractivity contribution in [2.24, 2.45) is 11.3 Å². The summed E-state index contributed by atoms with van der Waals surface area (Å²) >= 11 is 0. The fraction of sp³-hybridized carbons (Fsp3) is 0.867. The minimum atomic E-state index is -6.19. The van der Waals surface area contributed by atoms with Crippen molar-refractivity contribution in [2.75, 3.05) is 0 Å². The summed E-state index contributed by atoms with van der Waals surface area (Å²) in [7, 11) is -6.19. The van der Waals surface area contributed by atoms with E-state index in [-0.39, 0.29) is 37.9 Å². The van der Waals surface area contributed by atoms with Gasteiger partial charge in [-0.2, -0.15) is 21.6 Å². The summed E-state index contributed by atoms with van der Waals surface area (Å²) in [6.07, 6.45) is -3.02. The van der Waals surface area contributed by atoms with Crippen molar-refractivity contribution >= 4 is 10.1 Å². The zero-order valence-electron chi connectivity index (χ0n) is 13.5. The number of fused-ring (bicyclic) bond motifs is 3. The molecule has 0 aromatic rings. The molecule has 4 rings (SSSR count). The summed E-state index contributed by atoms with van der Waals surface area (Å²) in [6.45, 7) is 0. The number of aliphatic hydroxyl groups is 1. The van der Waals surface area contributed by atoms with Gasteiger partial charge in [-0.1, -0.05) is 0 Å². The summed E-state index contributed by atoms with van der Waals surface area (Å²) in [5, 5.41) is 9.43. The summed E-state index contributed by atoms with van der Waals surface area (Å²) in [5.41, 5.74) is -10.3. The summed E-state index contributed by atoms with van der Waals surface area (Å²) in [5.74, 6) is -4.61. The lowest BCUT2D eigenvalue weighted by Crippen LogP contribution is -2.70. The van der Waals surface area contributed by atoms with E-state index in [4.69, 9.17) is 0 Å². The highest BCUT2D eigenvalue weighted by molar-refractivity contribution is 7.87. The SMILES string of the molecule is O=S(=O)(OC12CCC(C3CC=C(O)CC3)(CC1)C(F)(F)C2F)C(F)(F)F. The smallest absolute Gasteiger partial charge is 0.513 e. The molecule has 150 valence electrons. The molecule has 2 atom stereocenters. The number of rotatable bonds is 3. The fourth-order valence-electron chi connectivity index (χ4n) is 4.68. The van der Waals surface area contributed by atoms with Crippen LogP contribution >= 0.6 is 0 Å². The molecule has 4 aliphatic carbocycles. The maximum Gasteiger partial charge on any atom is 0.523 e. The molecule has 0 amide bonds. The van der Waals surface area contributed by atoms with Gasteiger partial charge in [-0.25, -0.2) is 13.2 Å². The molecular weight excluding hydrogens is 390 g/mol. The first-order valence-corrected chi connectivity index (χ1v) is 9.60. The molecule has 0 radical (unpaired) electrons. The van der Waals surface area contributed by atoms with Gasteiger partial charge in [0.15, 0.2) is 6.17 Å². The van der Waals surface area contributed by atoms with Gasteiger partial charge in [0.25, 0.3) is 5.92 Å². The van der Waals surface area contributed by atoms with Gasteiger partial charge in [0, 0.05) is 11.8 Å². The standard InChI is InChI=1S/C15H18F6O4S/c16-11-13(25-26(23,24)15(19,20)21)7-5-12(6-8-13,14(11,17)18)9-1-3-10(22)4-2-9/h3,9,11,22H,1-2,4-8H2. The Balaban J connectivity index is 1.92. The van der Waals surface area contributed by atoms with E-state index in [1.807, 2.05) is 0 Å². The summed E-state index contributed by atoms with van der Waals surface area (Å²) < 4.78 is 109. The van der Waals surface area contributed by atoms with Crippen LogP contribution in [0, 0.1) is 11.3 Å². The van der Waals surface area contributed by atoms with E-state index in [1.54, 1.807) is 0 Å². The molecule has 0 aromatic heterocycles. The number of hydrogen-bond acceptors (Lipinski definition) is 4. The number of aliphatic hydroxyl groups excluding tert-OH is 1. The minimum Gasteiger partial charge on any atom is -0.513 e. The second-order valence-electron chi connectivity index (χ2n) is 7.36. The van der Waals surface area contributed by atoms with Crippen molar-refractivity contribution in [3.63, 3.8) is 0 Å². The second kappa shape index (κ2) is 5.76. The van der Waals surface area contributed by atoms with Crippen molar-refractivity contribution < 1.29 is 44.0 Å². The molecule has 2 unspecified atom stereocenters. The van der Waals surface area contributed by atoms with E-state index >= 15 is 0 Å². The maximum absolute atomic E-state index is 14.9. The Morgan fingerprint density at radius 3 is 2.19 bits per heavy atom. The lowest BCUT2D eigenvalue weighted by molar-refractivity contribution is -0.298. The van der Waals surface area contributed by atoms with E-state index < -0.39 is 57.5 Å². The van der Waals surface area contributed by atoms with Crippen LogP contribution in [0.1, 0.15) is 44.9 Å². The largest absolute Gasteiger partial charge is 0.523 e. The monoisotopic (exact) mass is 408 g/mol. The molecule has 11 heteroatoms. The van der Waals surface area contributed by atoms with Crippen molar-refractivity contribution in [1.29, 1.82) is 0 Å². The van der Waals surface area contributed by atoms with Gasteiger partial charge in [0.05, 0.1) is 5.76 Å². The van der Waals surface area contributed by atoms with Gasteiger partial charge in [-0.15, -0.1) is 0 Å². The Bertz CT molecular complexity index is 706. The van der Waals surface area contributed by atoms with Crippen LogP contribution in [0.25, 0.3) is 0 Å². The van der Waals surface area contributed by atoms with Crippen LogP contribution in [0.4, 0.5) is 26.3 Å². The molecule has 0 spiro atoms. The summed E-state index contributed by atoms with van der Waals surface area (Å²) in [4.78, 5) is 0. The molecular formula is C15H18F6O4S. The number of halogens is 6. The zero-order chi connectivity index (χ0) is 19.6. The molecule has 26 heavy (non-hydrogen) atoms. The zero-order valence-corrected chi connectivity index (χ0v) is 14.3. The number of hydrogen-bond donors (Lipinski definition) is 1. The van der Waals surface area contributed by atoms with Crippen LogP contribution in [-0.2, 0) is 14.3 Å². The molecule has 0 aliphatic heterocycles. The fourth-order valence-corrected chi connectivity index (χ4v) is 5.47. The molecule has 4 nitrogen and oxygen atoms in total. The molecule has 2 bridgehead atoms. The normalized spacial score (nSPS) is 40.3. The molecule has 1 N–H and O–H groups in total. The Morgan fingerprint density at radius 2 is 1.73 bits per heavy atom. The van der Waals surface area contributed by atoms with E-state index in [1.165, 1.54) is 6.08 Å². The Kier molecular flexibility index (Phi) is 4.38. The Morgan fingerprint density at radius 1 is 1.15 bits per heavy atom. The molecule has 3 fully saturated rings. The quantitative estimate of drug-likeness (QED) is 0.428. The average molecular weight is 408 g/mol. The van der Waals surface area contributed by atoms with Gasteiger partial charge in [0.2, 0.25) is 0 Å². The van der Waals surface area contributed by atoms with E-state index in [0.717, 1.165) is 0 Å². The average Bonchev–Trinajstić information content (AvgIpc) is 2.53. The second-order valence-corrected chi connectivity index (χ2v) is 8.89.